The van der Waals surface area contributed by atoms with E-state index in [-0.39, 0.29) is 23.7 Å². The van der Waals surface area contributed by atoms with Gasteiger partial charge in [0.2, 0.25) is 5.91 Å². The van der Waals surface area contributed by atoms with Crippen LogP contribution in [-0.2, 0) is 14.3 Å². The zero-order valence-corrected chi connectivity index (χ0v) is 21.4. The molecule has 0 aliphatic carbocycles. The summed E-state index contributed by atoms with van der Waals surface area (Å²) in [4.78, 5) is 28.0. The molecule has 1 aliphatic heterocycles. The highest BCUT2D eigenvalue weighted by Crippen LogP contribution is 2.45. The quantitative estimate of drug-likeness (QED) is 0.608. The molecule has 2 aromatic rings. The molecule has 0 radical (unpaired) electrons. The van der Waals surface area contributed by atoms with Gasteiger partial charge in [0.25, 0.3) is 5.91 Å². The van der Waals surface area contributed by atoms with Crippen molar-refractivity contribution in [2.75, 3.05) is 32.2 Å². The number of fused-ring (bicyclic) bond motifs is 1. The van der Waals surface area contributed by atoms with Crippen molar-refractivity contribution in [3.63, 3.8) is 0 Å². The predicted octanol–water partition coefficient (Wildman–Crippen LogP) is 4.75. The van der Waals surface area contributed by atoms with Crippen LogP contribution in [0.3, 0.4) is 0 Å². The monoisotopic (exact) mass is 488 g/mol. The Labute approximate surface area is 206 Å². The van der Waals surface area contributed by atoms with Crippen molar-refractivity contribution in [3.8, 4) is 11.5 Å². The number of amides is 2. The van der Waals surface area contributed by atoms with Gasteiger partial charge in [-0.3, -0.25) is 9.59 Å². The van der Waals surface area contributed by atoms with Crippen LogP contribution in [0.4, 0.5) is 5.69 Å². The Morgan fingerprint density at radius 1 is 1.15 bits per heavy atom. The Kier molecular flexibility index (Phi) is 8.10. The van der Waals surface area contributed by atoms with Crippen molar-refractivity contribution in [2.24, 2.45) is 5.41 Å². The highest BCUT2D eigenvalue weighted by molar-refractivity contribution is 6.30. The van der Waals surface area contributed by atoms with Crippen LogP contribution in [-0.4, -0.2) is 45.2 Å². The number of ether oxygens (including phenoxy) is 3. The van der Waals surface area contributed by atoms with Crippen LogP contribution in [0.1, 0.15) is 51.3 Å². The number of hydrogen-bond donors (Lipinski definition) is 1. The van der Waals surface area contributed by atoms with Gasteiger partial charge < -0.3 is 24.4 Å². The smallest absolute Gasteiger partial charge is 0.256 e. The molecule has 7 nitrogen and oxygen atoms in total. The minimum Gasteiger partial charge on any atom is -0.493 e. The van der Waals surface area contributed by atoms with Gasteiger partial charge in [0.15, 0.2) is 11.5 Å². The minimum atomic E-state index is -0.999. The minimum absolute atomic E-state index is 0.0994. The van der Waals surface area contributed by atoms with Gasteiger partial charge in [0, 0.05) is 34.9 Å². The molecule has 2 aromatic carbocycles. The summed E-state index contributed by atoms with van der Waals surface area (Å²) in [7, 11) is 3.12. The molecule has 0 aromatic heterocycles. The van der Waals surface area contributed by atoms with Crippen LogP contribution in [0.2, 0.25) is 5.02 Å². The Bertz CT molecular complexity index is 1050. The standard InChI is InChI=1S/C26H33ClN2O5/c1-7-28-22(30)14-21-25(31)29(15-26(2,3)4)19-12-11-16(27)13-18(19)23(34-21)17-9-8-10-20(32-5)24(17)33-6/h8-13,21,23H,7,14-15H2,1-6H3,(H,28,30). The first kappa shape index (κ1) is 25.8. The summed E-state index contributed by atoms with van der Waals surface area (Å²) in [6.07, 6.45) is -1.81. The first-order valence-electron chi connectivity index (χ1n) is 11.3. The third-order valence-electron chi connectivity index (χ3n) is 5.50. The molecule has 3 rings (SSSR count). The van der Waals surface area contributed by atoms with Crippen molar-refractivity contribution in [1.82, 2.24) is 5.32 Å². The number of para-hydroxylation sites is 1. The average molecular weight is 489 g/mol. The number of carbonyl (C=O) groups excluding carboxylic acids is 2. The third-order valence-corrected chi connectivity index (χ3v) is 5.73. The summed E-state index contributed by atoms with van der Waals surface area (Å²) < 4.78 is 17.6. The van der Waals surface area contributed by atoms with Gasteiger partial charge in [-0.05, 0) is 36.6 Å². The first-order valence-corrected chi connectivity index (χ1v) is 11.7. The summed E-state index contributed by atoms with van der Waals surface area (Å²) >= 11 is 6.42. The maximum Gasteiger partial charge on any atom is 0.256 e. The lowest BCUT2D eigenvalue weighted by Crippen LogP contribution is -2.45. The number of methoxy groups -OCH3 is 2. The number of nitrogens with zero attached hydrogens (tertiary/aromatic N) is 1. The van der Waals surface area contributed by atoms with E-state index in [1.165, 1.54) is 0 Å². The van der Waals surface area contributed by atoms with E-state index in [0.717, 1.165) is 5.56 Å². The van der Waals surface area contributed by atoms with Gasteiger partial charge in [0.05, 0.1) is 20.6 Å². The summed E-state index contributed by atoms with van der Waals surface area (Å²) in [5.41, 5.74) is 1.89. The van der Waals surface area contributed by atoms with Crippen molar-refractivity contribution in [3.05, 3.63) is 52.5 Å². The molecule has 1 N–H and O–H groups in total. The molecular formula is C26H33ClN2O5. The molecule has 8 heteroatoms. The molecule has 0 saturated carbocycles. The molecule has 0 saturated heterocycles. The number of rotatable bonds is 7. The molecule has 2 amide bonds. The largest absolute Gasteiger partial charge is 0.493 e. The maximum atomic E-state index is 13.8. The first-order chi connectivity index (χ1) is 16.1. The van der Waals surface area contributed by atoms with Gasteiger partial charge in [-0.25, -0.2) is 0 Å². The zero-order valence-electron chi connectivity index (χ0n) is 20.6. The van der Waals surface area contributed by atoms with Crippen LogP contribution in [0.5, 0.6) is 11.5 Å². The molecule has 0 spiro atoms. The number of anilines is 1. The molecule has 2 unspecified atom stereocenters. The lowest BCUT2D eigenvalue weighted by molar-refractivity contribution is -0.138. The van der Waals surface area contributed by atoms with E-state index in [1.54, 1.807) is 37.3 Å². The summed E-state index contributed by atoms with van der Waals surface area (Å²) in [5.74, 6) is 0.509. The second-order valence-electron chi connectivity index (χ2n) is 9.43. The van der Waals surface area contributed by atoms with Gasteiger partial charge in [-0.2, -0.15) is 0 Å². The highest BCUT2D eigenvalue weighted by atomic mass is 35.5. The fourth-order valence-corrected chi connectivity index (χ4v) is 4.32. The van der Waals surface area contributed by atoms with Crippen molar-refractivity contribution >= 4 is 29.1 Å². The Morgan fingerprint density at radius 3 is 2.50 bits per heavy atom. The summed E-state index contributed by atoms with van der Waals surface area (Å²) in [6.45, 7) is 8.92. The molecular weight excluding hydrogens is 456 g/mol. The zero-order chi connectivity index (χ0) is 25.0. The Hall–Kier alpha value is -2.77. The van der Waals surface area contributed by atoms with Gasteiger partial charge in [0.1, 0.15) is 12.2 Å². The molecule has 0 fully saturated rings. The van der Waals surface area contributed by atoms with Gasteiger partial charge >= 0.3 is 0 Å². The third kappa shape index (κ3) is 5.65. The average Bonchev–Trinajstić information content (AvgIpc) is 2.88. The van der Waals surface area contributed by atoms with Crippen molar-refractivity contribution in [2.45, 2.75) is 46.3 Å². The highest BCUT2D eigenvalue weighted by Gasteiger charge is 2.40. The van der Waals surface area contributed by atoms with Crippen LogP contribution < -0.4 is 19.7 Å². The van der Waals surface area contributed by atoms with Crippen LogP contribution >= 0.6 is 11.6 Å². The number of halogens is 1. The number of benzene rings is 2. The molecule has 1 heterocycles. The van der Waals surface area contributed by atoms with Crippen LogP contribution in [0, 0.1) is 5.41 Å². The second-order valence-corrected chi connectivity index (χ2v) is 9.87. The van der Waals surface area contributed by atoms with Crippen molar-refractivity contribution < 1.29 is 23.8 Å². The predicted molar refractivity (Wildman–Crippen MR) is 133 cm³/mol. The van der Waals surface area contributed by atoms with E-state index in [2.05, 4.69) is 26.1 Å². The van der Waals surface area contributed by atoms with E-state index in [0.29, 0.717) is 40.9 Å². The van der Waals surface area contributed by atoms with E-state index in [9.17, 15) is 9.59 Å². The number of hydrogen-bond acceptors (Lipinski definition) is 5. The molecule has 34 heavy (non-hydrogen) atoms. The van der Waals surface area contributed by atoms with E-state index < -0.39 is 12.2 Å². The second kappa shape index (κ2) is 10.7. The molecule has 0 bridgehead atoms. The number of carbonyl (C=O) groups is 2. The summed E-state index contributed by atoms with van der Waals surface area (Å²) in [5, 5.41) is 3.28. The lowest BCUT2D eigenvalue weighted by Gasteiger charge is -2.31. The van der Waals surface area contributed by atoms with E-state index >= 15 is 0 Å². The normalized spacial score (nSPS) is 18.2. The summed E-state index contributed by atoms with van der Waals surface area (Å²) in [6, 6.07) is 10.9. The fraction of sp³-hybridized carbons (Fsp3) is 0.462. The van der Waals surface area contributed by atoms with Crippen molar-refractivity contribution in [1.29, 1.82) is 0 Å². The molecule has 2 atom stereocenters. The lowest BCUT2D eigenvalue weighted by atomic mass is 9.94. The van der Waals surface area contributed by atoms with E-state index in [1.807, 2.05) is 25.1 Å². The van der Waals surface area contributed by atoms with Crippen LogP contribution in [0.25, 0.3) is 0 Å². The van der Waals surface area contributed by atoms with E-state index in [4.69, 9.17) is 25.8 Å². The Morgan fingerprint density at radius 2 is 1.88 bits per heavy atom. The fourth-order valence-electron chi connectivity index (χ4n) is 4.14. The maximum absolute atomic E-state index is 13.8. The molecule has 1 aliphatic rings. The molecule has 184 valence electrons. The Balaban J connectivity index is 2.23. The number of nitrogens with one attached hydrogen (secondary N) is 1. The topological polar surface area (TPSA) is 77.1 Å². The van der Waals surface area contributed by atoms with Gasteiger partial charge in [-0.1, -0.05) is 44.5 Å². The van der Waals surface area contributed by atoms with Gasteiger partial charge in [-0.15, -0.1) is 0 Å². The van der Waals surface area contributed by atoms with Crippen LogP contribution in [0.15, 0.2) is 36.4 Å². The SMILES string of the molecule is CCNC(=O)CC1OC(c2cccc(OC)c2OC)c2cc(Cl)ccc2N(CC(C)(C)C)C1=O.